The highest BCUT2D eigenvalue weighted by Gasteiger charge is 2.15. The van der Waals surface area contributed by atoms with Crippen molar-refractivity contribution in [2.45, 2.75) is 13.0 Å². The molecule has 1 N–H and O–H groups in total. The quantitative estimate of drug-likeness (QED) is 0.251. The van der Waals surface area contributed by atoms with Crippen molar-refractivity contribution >= 4 is 33.7 Å². The third-order valence-electron chi connectivity index (χ3n) is 4.52. The minimum absolute atomic E-state index is 0.0107. The first-order valence-corrected chi connectivity index (χ1v) is 10.5. The van der Waals surface area contributed by atoms with Gasteiger partial charge in [0.2, 0.25) is 5.91 Å². The maximum atomic E-state index is 13.8. The number of amides is 1. The summed E-state index contributed by atoms with van der Waals surface area (Å²) in [5, 5.41) is 15.0. The van der Waals surface area contributed by atoms with Crippen molar-refractivity contribution in [3.05, 3.63) is 97.8 Å². The van der Waals surface area contributed by atoms with Crippen LogP contribution < -0.4 is 14.9 Å². The molecule has 0 fully saturated rings. The lowest BCUT2D eigenvalue weighted by atomic mass is 10.1. The summed E-state index contributed by atoms with van der Waals surface area (Å²) in [5.41, 5.74) is 3.50. The van der Waals surface area contributed by atoms with Crippen molar-refractivity contribution in [3.8, 4) is 11.5 Å². The van der Waals surface area contributed by atoms with Gasteiger partial charge in [-0.05, 0) is 39.7 Å². The average Bonchev–Trinajstić information content (AvgIpc) is 2.79. The topological polar surface area (TPSA) is 103 Å². The highest BCUT2D eigenvalue weighted by molar-refractivity contribution is 9.10. The Labute approximate surface area is 197 Å². The lowest BCUT2D eigenvalue weighted by Gasteiger charge is -2.14. The normalized spacial score (nSPS) is 10.8. The van der Waals surface area contributed by atoms with Gasteiger partial charge in [0.25, 0.3) is 5.69 Å². The fourth-order valence-corrected chi connectivity index (χ4v) is 3.52. The Morgan fingerprint density at radius 3 is 2.58 bits per heavy atom. The summed E-state index contributed by atoms with van der Waals surface area (Å²) in [6, 6.07) is 15.6. The predicted octanol–water partition coefficient (Wildman–Crippen LogP) is 4.78. The number of nitro benzene ring substituents is 1. The molecule has 0 atom stereocenters. The predicted molar refractivity (Wildman–Crippen MR) is 124 cm³/mol. The van der Waals surface area contributed by atoms with Crippen LogP contribution in [0.1, 0.15) is 16.7 Å². The van der Waals surface area contributed by atoms with Crippen LogP contribution in [-0.4, -0.2) is 24.2 Å². The molecule has 0 radical (unpaired) electrons. The van der Waals surface area contributed by atoms with Crippen LogP contribution in [-0.2, 0) is 17.8 Å². The highest BCUT2D eigenvalue weighted by atomic mass is 79.9. The number of hydrogen-bond acceptors (Lipinski definition) is 6. The van der Waals surface area contributed by atoms with E-state index in [2.05, 4.69) is 26.5 Å². The van der Waals surface area contributed by atoms with E-state index in [0.717, 1.165) is 0 Å². The summed E-state index contributed by atoms with van der Waals surface area (Å²) in [5.74, 6) is -0.101. The number of carbonyl (C=O) groups is 1. The van der Waals surface area contributed by atoms with Crippen molar-refractivity contribution < 1.29 is 23.6 Å². The largest absolute Gasteiger partial charge is 0.493 e. The van der Waals surface area contributed by atoms with Crippen molar-refractivity contribution in [1.29, 1.82) is 0 Å². The number of nitro groups is 1. The van der Waals surface area contributed by atoms with E-state index in [9.17, 15) is 19.3 Å². The number of benzene rings is 3. The Kier molecular flexibility index (Phi) is 8.09. The van der Waals surface area contributed by atoms with Gasteiger partial charge in [0.05, 0.1) is 29.1 Å². The molecule has 0 aliphatic carbocycles. The van der Waals surface area contributed by atoms with E-state index < -0.39 is 10.8 Å². The van der Waals surface area contributed by atoms with Crippen molar-refractivity contribution in [3.63, 3.8) is 0 Å². The van der Waals surface area contributed by atoms with E-state index >= 15 is 0 Å². The zero-order valence-corrected chi connectivity index (χ0v) is 19.0. The number of halogens is 2. The molecule has 0 spiro atoms. The zero-order chi connectivity index (χ0) is 23.8. The monoisotopic (exact) mass is 515 g/mol. The molecule has 8 nitrogen and oxygen atoms in total. The first-order valence-electron chi connectivity index (χ1n) is 9.67. The third kappa shape index (κ3) is 6.36. The van der Waals surface area contributed by atoms with Gasteiger partial charge >= 0.3 is 0 Å². The van der Waals surface area contributed by atoms with Crippen LogP contribution >= 0.6 is 15.9 Å². The zero-order valence-electron chi connectivity index (χ0n) is 17.5. The number of hydrazone groups is 1. The van der Waals surface area contributed by atoms with E-state index in [1.165, 1.54) is 37.6 Å². The molecule has 170 valence electrons. The molecule has 0 aliphatic rings. The number of ether oxygens (including phenoxy) is 2. The summed E-state index contributed by atoms with van der Waals surface area (Å²) in [6.07, 6.45) is 1.20. The molecule has 0 saturated carbocycles. The first kappa shape index (κ1) is 23.9. The van der Waals surface area contributed by atoms with Crippen LogP contribution in [0.3, 0.4) is 0 Å². The first-order chi connectivity index (χ1) is 15.9. The maximum absolute atomic E-state index is 13.8. The number of methoxy groups -OCH3 is 1. The van der Waals surface area contributed by atoms with Crippen molar-refractivity contribution in [1.82, 2.24) is 5.43 Å². The minimum Gasteiger partial charge on any atom is -0.493 e. The van der Waals surface area contributed by atoms with Gasteiger partial charge in [-0.3, -0.25) is 14.9 Å². The maximum Gasteiger partial charge on any atom is 0.273 e. The molecule has 10 heteroatoms. The molecule has 0 heterocycles. The fraction of sp³-hybridized carbons (Fsp3) is 0.130. The Morgan fingerprint density at radius 2 is 1.88 bits per heavy atom. The van der Waals surface area contributed by atoms with Crippen LogP contribution in [0.4, 0.5) is 10.1 Å². The summed E-state index contributed by atoms with van der Waals surface area (Å²) in [4.78, 5) is 22.7. The SMILES string of the molecule is COc1cc(/C=N/NC(=O)Cc2ccccc2[N+](=O)[O-])cc(Br)c1OCc1ccccc1F. The Hall–Kier alpha value is -3.79. The second-order valence-electron chi connectivity index (χ2n) is 6.77. The van der Waals surface area contributed by atoms with Gasteiger partial charge in [0.15, 0.2) is 11.5 Å². The lowest BCUT2D eigenvalue weighted by Crippen LogP contribution is -2.20. The number of nitrogens with one attached hydrogen (secondary N) is 1. The molecule has 3 aromatic rings. The van der Waals surface area contributed by atoms with Gasteiger partial charge < -0.3 is 9.47 Å². The molecular weight excluding hydrogens is 497 g/mol. The number of carbonyl (C=O) groups excluding carboxylic acids is 1. The molecule has 0 saturated heterocycles. The molecule has 0 aromatic heterocycles. The molecule has 0 bridgehead atoms. The van der Waals surface area contributed by atoms with Crippen molar-refractivity contribution in [2.24, 2.45) is 5.10 Å². The Bertz CT molecular complexity index is 1200. The average molecular weight is 516 g/mol. The molecule has 33 heavy (non-hydrogen) atoms. The lowest BCUT2D eigenvalue weighted by molar-refractivity contribution is -0.385. The summed E-state index contributed by atoms with van der Waals surface area (Å²) in [7, 11) is 1.47. The fourth-order valence-electron chi connectivity index (χ4n) is 2.95. The molecule has 1 amide bonds. The Morgan fingerprint density at radius 1 is 1.18 bits per heavy atom. The molecule has 0 aliphatic heterocycles. The number of nitrogens with zero attached hydrogens (tertiary/aromatic N) is 2. The van der Waals surface area contributed by atoms with Gasteiger partial charge in [-0.1, -0.05) is 36.4 Å². The van der Waals surface area contributed by atoms with E-state index in [1.54, 1.807) is 36.4 Å². The number of hydrogen-bond donors (Lipinski definition) is 1. The van der Waals surface area contributed by atoms with Crippen LogP contribution in [0.15, 0.2) is 70.2 Å². The van der Waals surface area contributed by atoms with Gasteiger partial charge in [-0.2, -0.15) is 5.10 Å². The third-order valence-corrected chi connectivity index (χ3v) is 5.11. The Balaban J connectivity index is 1.66. The molecule has 3 rings (SSSR count). The number of rotatable bonds is 9. The van der Waals surface area contributed by atoms with E-state index in [4.69, 9.17) is 9.47 Å². The number of para-hydroxylation sites is 1. The summed E-state index contributed by atoms with van der Waals surface area (Å²) >= 11 is 3.41. The van der Waals surface area contributed by atoms with Crippen LogP contribution in [0, 0.1) is 15.9 Å². The summed E-state index contributed by atoms with van der Waals surface area (Å²) in [6.45, 7) is 0.0107. The van der Waals surface area contributed by atoms with Gasteiger partial charge in [-0.25, -0.2) is 9.82 Å². The van der Waals surface area contributed by atoms with E-state index in [-0.39, 0.29) is 30.1 Å². The van der Waals surface area contributed by atoms with E-state index in [0.29, 0.717) is 27.1 Å². The van der Waals surface area contributed by atoms with Gasteiger partial charge in [0, 0.05) is 17.2 Å². The smallest absolute Gasteiger partial charge is 0.273 e. The standard InChI is InChI=1S/C23H19BrFN3O5/c1-32-21-11-15(10-18(24)23(21)33-14-17-7-2-4-8-19(17)25)13-26-27-22(29)12-16-6-3-5-9-20(16)28(30)31/h2-11,13H,12,14H2,1H3,(H,27,29)/b26-13+. The molecular formula is C23H19BrFN3O5. The van der Waals surface area contributed by atoms with Gasteiger partial charge in [0.1, 0.15) is 12.4 Å². The second-order valence-corrected chi connectivity index (χ2v) is 7.62. The molecule has 0 unspecified atom stereocenters. The molecule has 3 aromatic carbocycles. The summed E-state index contributed by atoms with van der Waals surface area (Å²) < 4.78 is 25.5. The van der Waals surface area contributed by atoms with Crippen LogP contribution in [0.5, 0.6) is 11.5 Å². The second kappa shape index (κ2) is 11.2. The van der Waals surface area contributed by atoms with Crippen LogP contribution in [0.2, 0.25) is 0 Å². The van der Waals surface area contributed by atoms with E-state index in [1.807, 2.05) is 0 Å². The van der Waals surface area contributed by atoms with Gasteiger partial charge in [-0.15, -0.1) is 0 Å². The van der Waals surface area contributed by atoms with Crippen molar-refractivity contribution in [2.75, 3.05) is 7.11 Å². The highest BCUT2D eigenvalue weighted by Crippen LogP contribution is 2.37. The van der Waals surface area contributed by atoms with Crippen LogP contribution in [0.25, 0.3) is 0 Å². The minimum atomic E-state index is -0.536.